The van der Waals surface area contributed by atoms with Crippen molar-refractivity contribution in [3.05, 3.63) is 65.7 Å². The third-order valence-corrected chi connectivity index (χ3v) is 4.75. The van der Waals surface area contributed by atoms with Crippen LogP contribution in [0.2, 0.25) is 0 Å². The minimum Gasteiger partial charge on any atom is -0.479 e. The number of carbonyl (C=O) groups is 2. The first-order valence-corrected chi connectivity index (χ1v) is 9.74. The largest absolute Gasteiger partial charge is 0.479 e. The first-order chi connectivity index (χ1) is 14.5. The van der Waals surface area contributed by atoms with Gasteiger partial charge >= 0.3 is 6.03 Å². The number of ether oxygens (including phenoxy) is 1. The zero-order valence-corrected chi connectivity index (χ0v) is 16.9. The van der Waals surface area contributed by atoms with Crippen molar-refractivity contribution in [1.29, 1.82) is 5.26 Å². The van der Waals surface area contributed by atoms with Gasteiger partial charge in [0.05, 0.1) is 0 Å². The van der Waals surface area contributed by atoms with Crippen LogP contribution in [0.1, 0.15) is 11.1 Å². The zero-order valence-electron chi connectivity index (χ0n) is 16.9. The SMILES string of the molecule is Cc1cccc(NC(=O)N2CCN(C(=O)/C=C/c3ccc(OCC#N)cc3)CC2)c1. The van der Waals surface area contributed by atoms with Gasteiger partial charge in [0.1, 0.15) is 11.8 Å². The third kappa shape index (κ3) is 5.85. The van der Waals surface area contributed by atoms with Crippen LogP contribution in [0.25, 0.3) is 6.08 Å². The molecule has 7 heteroatoms. The van der Waals surface area contributed by atoms with E-state index in [0.717, 1.165) is 16.8 Å². The molecular weight excluding hydrogens is 380 g/mol. The molecule has 0 radical (unpaired) electrons. The molecule has 7 nitrogen and oxygen atoms in total. The lowest BCUT2D eigenvalue weighted by Crippen LogP contribution is -2.51. The fraction of sp³-hybridized carbons (Fsp3) is 0.261. The van der Waals surface area contributed by atoms with E-state index in [1.165, 1.54) is 6.08 Å². The number of benzene rings is 2. The van der Waals surface area contributed by atoms with E-state index in [2.05, 4.69) is 5.32 Å². The summed E-state index contributed by atoms with van der Waals surface area (Å²) >= 11 is 0. The van der Waals surface area contributed by atoms with Crippen LogP contribution in [0.5, 0.6) is 5.75 Å². The number of nitrogens with one attached hydrogen (secondary N) is 1. The van der Waals surface area contributed by atoms with Crippen LogP contribution in [0.3, 0.4) is 0 Å². The third-order valence-electron chi connectivity index (χ3n) is 4.75. The van der Waals surface area contributed by atoms with Crippen molar-refractivity contribution in [2.45, 2.75) is 6.92 Å². The predicted molar refractivity (Wildman–Crippen MR) is 115 cm³/mol. The summed E-state index contributed by atoms with van der Waals surface area (Å²) in [6.07, 6.45) is 3.28. The van der Waals surface area contributed by atoms with Crippen molar-refractivity contribution in [2.24, 2.45) is 0 Å². The molecule has 0 unspecified atom stereocenters. The number of rotatable bonds is 5. The molecule has 2 aromatic carbocycles. The Balaban J connectivity index is 1.47. The molecule has 1 aliphatic rings. The lowest BCUT2D eigenvalue weighted by Gasteiger charge is -2.34. The van der Waals surface area contributed by atoms with Crippen molar-refractivity contribution in [2.75, 3.05) is 38.1 Å². The summed E-state index contributed by atoms with van der Waals surface area (Å²) in [6, 6.07) is 16.6. The number of carbonyl (C=O) groups excluding carboxylic acids is 2. The summed E-state index contributed by atoms with van der Waals surface area (Å²) in [7, 11) is 0. The van der Waals surface area contributed by atoms with Gasteiger partial charge in [-0.05, 0) is 48.4 Å². The minimum atomic E-state index is -0.151. The van der Waals surface area contributed by atoms with Crippen LogP contribution < -0.4 is 10.1 Å². The molecule has 2 aromatic rings. The Kier molecular flexibility index (Phi) is 7.06. The van der Waals surface area contributed by atoms with Gasteiger partial charge in [-0.1, -0.05) is 24.3 Å². The lowest BCUT2D eigenvalue weighted by atomic mass is 10.2. The Labute approximate surface area is 176 Å². The Hall–Kier alpha value is -3.79. The van der Waals surface area contributed by atoms with Crippen LogP contribution in [0, 0.1) is 18.3 Å². The van der Waals surface area contributed by atoms with E-state index >= 15 is 0 Å². The molecule has 0 saturated carbocycles. The normalized spacial score (nSPS) is 13.7. The number of urea groups is 1. The number of hydrogen-bond acceptors (Lipinski definition) is 4. The number of nitriles is 1. The van der Waals surface area contributed by atoms with Gasteiger partial charge in [0.15, 0.2) is 6.61 Å². The average molecular weight is 404 g/mol. The number of anilines is 1. The maximum atomic E-state index is 12.4. The van der Waals surface area contributed by atoms with Gasteiger partial charge in [-0.3, -0.25) is 4.79 Å². The van der Waals surface area contributed by atoms with Crippen molar-refractivity contribution in [3.8, 4) is 11.8 Å². The first kappa shape index (κ1) is 20.9. The Bertz CT molecular complexity index is 955. The van der Waals surface area contributed by atoms with Gasteiger partial charge in [-0.25, -0.2) is 4.79 Å². The molecule has 0 aromatic heterocycles. The Morgan fingerprint density at radius 3 is 2.47 bits per heavy atom. The zero-order chi connectivity index (χ0) is 21.3. The van der Waals surface area contributed by atoms with E-state index in [9.17, 15) is 9.59 Å². The smallest absolute Gasteiger partial charge is 0.321 e. The second kappa shape index (κ2) is 10.1. The van der Waals surface area contributed by atoms with Gasteiger partial charge in [-0.2, -0.15) is 5.26 Å². The van der Waals surface area contributed by atoms with Crippen LogP contribution in [0.4, 0.5) is 10.5 Å². The van der Waals surface area contributed by atoms with Gasteiger partial charge in [0.2, 0.25) is 5.91 Å². The molecule has 1 heterocycles. The topological polar surface area (TPSA) is 85.7 Å². The molecule has 0 spiro atoms. The summed E-state index contributed by atoms with van der Waals surface area (Å²) in [5, 5.41) is 11.4. The van der Waals surface area contributed by atoms with Crippen molar-refractivity contribution >= 4 is 23.7 Å². The summed E-state index contributed by atoms with van der Waals surface area (Å²) in [6.45, 7) is 3.94. The molecule has 1 N–H and O–H groups in total. The predicted octanol–water partition coefficient (Wildman–Crippen LogP) is 3.29. The molecule has 1 fully saturated rings. The summed E-state index contributed by atoms with van der Waals surface area (Å²) < 4.78 is 5.21. The van der Waals surface area contributed by atoms with Crippen LogP contribution in [0.15, 0.2) is 54.6 Å². The fourth-order valence-corrected chi connectivity index (χ4v) is 3.12. The highest BCUT2D eigenvalue weighted by Crippen LogP contribution is 2.14. The summed E-state index contributed by atoms with van der Waals surface area (Å²) in [4.78, 5) is 28.3. The highest BCUT2D eigenvalue weighted by Gasteiger charge is 2.23. The number of amides is 3. The fourth-order valence-electron chi connectivity index (χ4n) is 3.12. The number of aryl methyl sites for hydroxylation is 1. The van der Waals surface area contributed by atoms with Crippen LogP contribution in [-0.2, 0) is 4.79 Å². The molecule has 154 valence electrons. The summed E-state index contributed by atoms with van der Waals surface area (Å²) in [5.74, 6) is 0.527. The molecule has 1 saturated heterocycles. The summed E-state index contributed by atoms with van der Waals surface area (Å²) in [5.41, 5.74) is 2.72. The molecule has 0 aliphatic carbocycles. The second-order valence-corrected chi connectivity index (χ2v) is 6.96. The lowest BCUT2D eigenvalue weighted by molar-refractivity contribution is -0.127. The van der Waals surface area contributed by atoms with E-state index in [1.54, 1.807) is 28.0 Å². The van der Waals surface area contributed by atoms with Gasteiger partial charge < -0.3 is 19.9 Å². The standard InChI is InChI=1S/C23H24N4O3/c1-18-3-2-4-20(17-18)25-23(29)27-14-12-26(13-15-27)22(28)10-7-19-5-8-21(9-6-19)30-16-11-24/h2-10,17H,12-16H2,1H3,(H,25,29)/b10-7+. The molecule has 3 amide bonds. The van der Waals surface area contributed by atoms with Crippen LogP contribution in [-0.4, -0.2) is 54.5 Å². The highest BCUT2D eigenvalue weighted by atomic mass is 16.5. The van der Waals surface area contributed by atoms with E-state index in [0.29, 0.717) is 31.9 Å². The maximum absolute atomic E-state index is 12.4. The monoisotopic (exact) mass is 404 g/mol. The number of hydrogen-bond donors (Lipinski definition) is 1. The molecule has 0 atom stereocenters. The molecular formula is C23H24N4O3. The van der Waals surface area contributed by atoms with Gasteiger partial charge in [0, 0.05) is 37.9 Å². The average Bonchev–Trinajstić information content (AvgIpc) is 2.77. The molecule has 3 rings (SSSR count). The van der Waals surface area contributed by atoms with Crippen molar-refractivity contribution < 1.29 is 14.3 Å². The highest BCUT2D eigenvalue weighted by molar-refractivity contribution is 5.92. The molecule has 0 bridgehead atoms. The number of piperazine rings is 1. The van der Waals surface area contributed by atoms with E-state index in [-0.39, 0.29) is 18.5 Å². The van der Waals surface area contributed by atoms with E-state index in [4.69, 9.17) is 10.00 Å². The quantitative estimate of drug-likeness (QED) is 0.775. The first-order valence-electron chi connectivity index (χ1n) is 9.74. The van der Waals surface area contributed by atoms with Crippen LogP contribution >= 0.6 is 0 Å². The van der Waals surface area contributed by atoms with E-state index in [1.807, 2.05) is 49.4 Å². The minimum absolute atomic E-state index is 0.00264. The van der Waals surface area contributed by atoms with Crippen molar-refractivity contribution in [3.63, 3.8) is 0 Å². The molecule has 1 aliphatic heterocycles. The second-order valence-electron chi connectivity index (χ2n) is 6.96. The van der Waals surface area contributed by atoms with E-state index < -0.39 is 0 Å². The number of nitrogens with zero attached hydrogens (tertiary/aromatic N) is 3. The Morgan fingerprint density at radius 2 is 1.80 bits per heavy atom. The van der Waals surface area contributed by atoms with Gasteiger partial charge in [-0.15, -0.1) is 0 Å². The maximum Gasteiger partial charge on any atom is 0.321 e. The van der Waals surface area contributed by atoms with Gasteiger partial charge in [0.25, 0.3) is 0 Å². The Morgan fingerprint density at radius 1 is 1.10 bits per heavy atom. The van der Waals surface area contributed by atoms with Crippen molar-refractivity contribution in [1.82, 2.24) is 9.80 Å². The molecule has 30 heavy (non-hydrogen) atoms.